The fraction of sp³-hybridized carbons (Fsp3) is 0.429. The summed E-state index contributed by atoms with van der Waals surface area (Å²) >= 11 is 0. The van der Waals surface area contributed by atoms with Crippen LogP contribution in [0.25, 0.3) is 10.9 Å². The van der Waals surface area contributed by atoms with E-state index in [1.165, 1.54) is 4.57 Å². The van der Waals surface area contributed by atoms with Crippen LogP contribution in [0.15, 0.2) is 17.1 Å². The van der Waals surface area contributed by atoms with Gasteiger partial charge in [0, 0.05) is 38.4 Å². The number of nitrogens with one attached hydrogen (secondary N) is 1. The van der Waals surface area contributed by atoms with Gasteiger partial charge in [0.25, 0.3) is 0 Å². The first-order valence-electron chi connectivity index (χ1n) is 10.4. The van der Waals surface area contributed by atoms with Gasteiger partial charge in [0.05, 0.1) is 17.3 Å². The number of aromatic nitrogens is 1. The highest BCUT2D eigenvalue weighted by molar-refractivity contribution is 5.93. The van der Waals surface area contributed by atoms with E-state index in [0.29, 0.717) is 19.6 Å². The second kappa shape index (κ2) is 12.2. The highest BCUT2D eigenvalue weighted by atomic mass is 19.1. The molecule has 0 spiro atoms. The topological polar surface area (TPSA) is 207 Å². The molecule has 0 saturated carbocycles. The Balaban J connectivity index is 0.000000526. The van der Waals surface area contributed by atoms with Crippen LogP contribution >= 0.6 is 0 Å². The van der Waals surface area contributed by atoms with Gasteiger partial charge >= 0.3 is 17.9 Å². The zero-order valence-electron chi connectivity index (χ0n) is 19.0. The predicted molar refractivity (Wildman–Crippen MR) is 122 cm³/mol. The van der Waals surface area contributed by atoms with Crippen molar-refractivity contribution in [2.24, 2.45) is 5.73 Å². The van der Waals surface area contributed by atoms with Crippen LogP contribution < -0.4 is 21.4 Å². The molecule has 3 rings (SSSR count). The Kier molecular flexibility index (Phi) is 10.2. The molecule has 1 fully saturated rings. The molecule has 1 saturated heterocycles. The van der Waals surface area contributed by atoms with E-state index in [2.05, 4.69) is 5.32 Å². The quantitative estimate of drug-likeness (QED) is 0.353. The smallest absolute Gasteiger partial charge is 0.341 e. The average Bonchev–Trinajstić information content (AvgIpc) is 2.74. The maximum absolute atomic E-state index is 15.2. The van der Waals surface area contributed by atoms with E-state index in [4.69, 9.17) is 21.1 Å². The normalized spacial score (nSPS) is 16.0. The molecule has 2 aromatic rings. The van der Waals surface area contributed by atoms with Crippen molar-refractivity contribution in [2.75, 3.05) is 24.5 Å². The summed E-state index contributed by atoms with van der Waals surface area (Å²) < 4.78 is 31.2. The molecule has 14 heteroatoms. The third kappa shape index (κ3) is 6.71. The number of aromatic carboxylic acids is 1. The summed E-state index contributed by atoms with van der Waals surface area (Å²) in [6.07, 6.45) is 0.577. The van der Waals surface area contributed by atoms with E-state index < -0.39 is 53.0 Å². The Morgan fingerprint density at radius 1 is 1.26 bits per heavy atom. The standard InChI is InChI=1S/C17H19F2N3O3.C4H7NO4.H2O/c1-3-21-8-11(17(24)25)16(23)10-6-12(18)15(13(19)14(10)21)22-5-4-20-9(2)7-22;5-2(4(8)9)1-3(6)7;/h6,8-9,20H,3-5,7H2,1-2H3,(H,24,25);2H,1,5H2,(H,6,7)(H,8,9);1H2. The second-order valence-electron chi connectivity index (χ2n) is 7.72. The number of piperazine rings is 1. The summed E-state index contributed by atoms with van der Waals surface area (Å²) in [6.45, 7) is 5.33. The van der Waals surface area contributed by atoms with Gasteiger partial charge < -0.3 is 41.3 Å². The molecule has 35 heavy (non-hydrogen) atoms. The molecular formula is C21H28F2N4O8. The summed E-state index contributed by atoms with van der Waals surface area (Å²) in [7, 11) is 0. The van der Waals surface area contributed by atoms with Crippen LogP contribution in [-0.2, 0) is 16.1 Å². The van der Waals surface area contributed by atoms with Crippen molar-refractivity contribution >= 4 is 34.5 Å². The lowest BCUT2D eigenvalue weighted by Crippen LogP contribution is -2.49. The van der Waals surface area contributed by atoms with Gasteiger partial charge in [0.2, 0.25) is 5.43 Å². The van der Waals surface area contributed by atoms with E-state index in [1.54, 1.807) is 11.8 Å². The van der Waals surface area contributed by atoms with Crippen LogP contribution in [0.2, 0.25) is 0 Å². The predicted octanol–water partition coefficient (Wildman–Crippen LogP) is -0.156. The van der Waals surface area contributed by atoms with Crippen molar-refractivity contribution in [1.82, 2.24) is 9.88 Å². The molecule has 1 aliphatic heterocycles. The van der Waals surface area contributed by atoms with Gasteiger partial charge in [-0.25, -0.2) is 13.6 Å². The third-order valence-electron chi connectivity index (χ3n) is 5.20. The van der Waals surface area contributed by atoms with Crippen LogP contribution in [0.3, 0.4) is 0 Å². The Morgan fingerprint density at radius 2 is 1.89 bits per heavy atom. The fourth-order valence-corrected chi connectivity index (χ4v) is 3.58. The van der Waals surface area contributed by atoms with Crippen LogP contribution in [0.5, 0.6) is 0 Å². The molecule has 0 aliphatic carbocycles. The molecule has 2 atom stereocenters. The van der Waals surface area contributed by atoms with Gasteiger partial charge in [0.15, 0.2) is 5.82 Å². The number of hydrogen-bond acceptors (Lipinski definition) is 7. The van der Waals surface area contributed by atoms with E-state index in [-0.39, 0.29) is 34.7 Å². The Hall–Kier alpha value is -3.62. The molecule has 8 N–H and O–H groups in total. The minimum absolute atomic E-state index is 0. The number of anilines is 1. The summed E-state index contributed by atoms with van der Waals surface area (Å²) in [5, 5.41) is 28.1. The molecule has 1 aliphatic rings. The highest BCUT2D eigenvalue weighted by Gasteiger charge is 2.27. The van der Waals surface area contributed by atoms with Gasteiger partial charge in [-0.05, 0) is 19.9 Å². The highest BCUT2D eigenvalue weighted by Crippen LogP contribution is 2.30. The Labute approximate surface area is 197 Å². The Morgan fingerprint density at radius 3 is 2.34 bits per heavy atom. The molecule has 1 aromatic carbocycles. The number of nitrogens with two attached hydrogens (primary N) is 1. The van der Waals surface area contributed by atoms with Crippen molar-refractivity contribution in [2.45, 2.75) is 38.9 Å². The lowest BCUT2D eigenvalue weighted by atomic mass is 10.1. The lowest BCUT2D eigenvalue weighted by Gasteiger charge is -2.34. The molecule has 0 radical (unpaired) electrons. The maximum atomic E-state index is 15.2. The van der Waals surface area contributed by atoms with Gasteiger partial charge in [-0.3, -0.25) is 14.4 Å². The number of pyridine rings is 1. The van der Waals surface area contributed by atoms with Gasteiger partial charge in [-0.2, -0.15) is 0 Å². The number of fused-ring (bicyclic) bond motifs is 1. The Bertz CT molecular complexity index is 1170. The number of benzene rings is 1. The minimum Gasteiger partial charge on any atom is -0.481 e. The molecule has 2 unspecified atom stereocenters. The zero-order valence-corrected chi connectivity index (χ0v) is 19.0. The van der Waals surface area contributed by atoms with Crippen molar-refractivity contribution in [3.05, 3.63) is 39.7 Å². The molecular weight excluding hydrogens is 474 g/mol. The molecule has 12 nitrogen and oxygen atoms in total. The molecule has 0 bridgehead atoms. The largest absolute Gasteiger partial charge is 0.481 e. The summed E-state index contributed by atoms with van der Waals surface area (Å²) in [4.78, 5) is 44.8. The minimum atomic E-state index is -1.42. The van der Waals surface area contributed by atoms with Gasteiger partial charge in [-0.1, -0.05) is 0 Å². The van der Waals surface area contributed by atoms with Crippen molar-refractivity contribution in [3.63, 3.8) is 0 Å². The summed E-state index contributed by atoms with van der Waals surface area (Å²) in [5.41, 5.74) is 3.21. The lowest BCUT2D eigenvalue weighted by molar-refractivity contribution is -0.144. The van der Waals surface area contributed by atoms with E-state index in [1.807, 2.05) is 6.92 Å². The molecule has 194 valence electrons. The number of nitrogens with zero attached hydrogens (tertiary/aromatic N) is 2. The van der Waals surface area contributed by atoms with E-state index in [0.717, 1.165) is 12.3 Å². The van der Waals surface area contributed by atoms with Crippen molar-refractivity contribution in [1.29, 1.82) is 0 Å². The first-order valence-corrected chi connectivity index (χ1v) is 10.4. The number of halogens is 2. The van der Waals surface area contributed by atoms with E-state index in [9.17, 15) is 23.6 Å². The van der Waals surface area contributed by atoms with Crippen molar-refractivity contribution < 1.29 is 44.0 Å². The van der Waals surface area contributed by atoms with E-state index >= 15 is 4.39 Å². The number of aryl methyl sites for hydroxylation is 1. The van der Waals surface area contributed by atoms with Crippen LogP contribution in [0, 0.1) is 11.6 Å². The third-order valence-corrected chi connectivity index (χ3v) is 5.20. The van der Waals surface area contributed by atoms with Crippen molar-refractivity contribution in [3.8, 4) is 0 Å². The number of hydrogen-bond donors (Lipinski definition) is 5. The summed E-state index contributed by atoms with van der Waals surface area (Å²) in [5.74, 6) is -5.61. The zero-order chi connectivity index (χ0) is 25.7. The van der Waals surface area contributed by atoms with Gasteiger partial charge in [0.1, 0.15) is 23.1 Å². The summed E-state index contributed by atoms with van der Waals surface area (Å²) in [6, 6.07) is -0.269. The number of aliphatic carboxylic acids is 2. The number of carboxylic acid groups (broad SMARTS) is 3. The first kappa shape index (κ1) is 29.4. The molecule has 2 heterocycles. The number of carboxylic acids is 3. The van der Waals surface area contributed by atoms with Crippen LogP contribution in [0.4, 0.5) is 14.5 Å². The average molecular weight is 502 g/mol. The molecule has 0 amide bonds. The molecule has 1 aromatic heterocycles. The van der Waals surface area contributed by atoms with Gasteiger partial charge in [-0.15, -0.1) is 0 Å². The van der Waals surface area contributed by atoms with Crippen LogP contribution in [0.1, 0.15) is 30.6 Å². The SMILES string of the molecule is CCn1cc(C(=O)O)c(=O)c2cc(F)c(N3CCNC(C)C3)c(F)c21.NC(CC(=O)O)C(=O)O.O. The first-order chi connectivity index (χ1) is 15.9. The second-order valence-corrected chi connectivity index (χ2v) is 7.72. The monoisotopic (exact) mass is 502 g/mol. The van der Waals surface area contributed by atoms with Crippen LogP contribution in [-0.4, -0.2) is 75.0 Å². The number of carbonyl (C=O) groups is 3. The maximum Gasteiger partial charge on any atom is 0.341 e. The fourth-order valence-electron chi connectivity index (χ4n) is 3.58. The number of rotatable bonds is 6.